The van der Waals surface area contributed by atoms with E-state index in [-0.39, 0.29) is 30.1 Å². The molecular weight excluding hydrogens is 324 g/mol. The van der Waals surface area contributed by atoms with Crippen molar-refractivity contribution in [3.8, 4) is 0 Å². The van der Waals surface area contributed by atoms with E-state index in [2.05, 4.69) is 5.32 Å². The molecule has 2 atom stereocenters. The van der Waals surface area contributed by atoms with Gasteiger partial charge in [-0.25, -0.2) is 8.42 Å². The number of carbonyl (C=O) groups is 1. The van der Waals surface area contributed by atoms with Gasteiger partial charge in [-0.05, 0) is 30.4 Å². The number of sulfone groups is 1. The number of fused-ring (bicyclic) bond motifs is 1. The third kappa shape index (κ3) is 4.21. The molecule has 124 valence electrons. The van der Waals surface area contributed by atoms with Crippen molar-refractivity contribution >= 4 is 28.2 Å². The number of hydrogen-bond donors (Lipinski definition) is 2. The molecule has 0 radical (unpaired) electrons. The van der Waals surface area contributed by atoms with Gasteiger partial charge in [-0.3, -0.25) is 4.79 Å². The summed E-state index contributed by atoms with van der Waals surface area (Å²) in [5.74, 6) is 0.168. The fourth-order valence-electron chi connectivity index (χ4n) is 2.63. The van der Waals surface area contributed by atoms with Crippen LogP contribution in [0.1, 0.15) is 38.3 Å². The molecule has 5 nitrogen and oxygen atoms in total. The molecule has 1 aliphatic rings. The van der Waals surface area contributed by atoms with Crippen molar-refractivity contribution in [2.75, 3.05) is 5.75 Å². The maximum atomic E-state index is 12.1. The predicted molar refractivity (Wildman–Crippen MR) is 88.7 cm³/mol. The van der Waals surface area contributed by atoms with Crippen LogP contribution in [0.25, 0.3) is 0 Å². The van der Waals surface area contributed by atoms with E-state index in [0.717, 1.165) is 0 Å². The zero-order valence-corrected chi connectivity index (χ0v) is 14.4. The number of rotatable bonds is 4. The van der Waals surface area contributed by atoms with Gasteiger partial charge in [0.25, 0.3) is 0 Å². The Hall–Kier alpha value is -1.11. The Morgan fingerprint density at radius 3 is 2.64 bits per heavy atom. The molecule has 1 aromatic rings. The Bertz CT molecular complexity index is 631. The maximum absolute atomic E-state index is 12.1. The molecule has 1 aliphatic heterocycles. The first-order valence-electron chi connectivity index (χ1n) is 7.19. The first-order valence-corrected chi connectivity index (χ1v) is 8.84. The summed E-state index contributed by atoms with van der Waals surface area (Å²) in [7, 11) is -3.23. The second kappa shape index (κ2) is 7.44. The first kappa shape index (κ1) is 18.9. The van der Waals surface area contributed by atoms with Crippen LogP contribution in [-0.4, -0.2) is 26.1 Å². The third-order valence-electron chi connectivity index (χ3n) is 3.68. The highest BCUT2D eigenvalue weighted by Gasteiger charge is 2.31. The van der Waals surface area contributed by atoms with Crippen LogP contribution in [0.3, 0.4) is 0 Å². The van der Waals surface area contributed by atoms with Crippen LogP contribution in [0.5, 0.6) is 0 Å². The molecule has 2 rings (SSSR count). The van der Waals surface area contributed by atoms with Crippen molar-refractivity contribution in [1.82, 2.24) is 5.32 Å². The quantitative estimate of drug-likeness (QED) is 0.870. The molecule has 3 N–H and O–H groups in total. The number of amides is 1. The van der Waals surface area contributed by atoms with E-state index in [9.17, 15) is 13.2 Å². The molecule has 1 amide bonds. The van der Waals surface area contributed by atoms with Gasteiger partial charge in [-0.2, -0.15) is 0 Å². The lowest BCUT2D eigenvalue weighted by Crippen LogP contribution is -2.44. The molecule has 0 fully saturated rings. The Morgan fingerprint density at radius 1 is 1.36 bits per heavy atom. The fraction of sp³-hybridized carbons (Fsp3) is 0.533. The molecule has 0 saturated carbocycles. The molecule has 1 heterocycles. The van der Waals surface area contributed by atoms with Crippen molar-refractivity contribution in [3.63, 3.8) is 0 Å². The Balaban J connectivity index is 0.00000242. The minimum Gasteiger partial charge on any atom is -0.348 e. The lowest BCUT2D eigenvalue weighted by Gasteiger charge is -2.27. The van der Waals surface area contributed by atoms with E-state index >= 15 is 0 Å². The van der Waals surface area contributed by atoms with E-state index in [1.807, 2.05) is 13.8 Å². The van der Waals surface area contributed by atoms with Crippen LogP contribution in [0.4, 0.5) is 0 Å². The maximum Gasteiger partial charge on any atom is 0.237 e. The number of benzene rings is 1. The van der Waals surface area contributed by atoms with Crippen molar-refractivity contribution < 1.29 is 13.2 Å². The van der Waals surface area contributed by atoms with E-state index in [0.29, 0.717) is 29.2 Å². The van der Waals surface area contributed by atoms with Crippen LogP contribution < -0.4 is 11.1 Å². The summed E-state index contributed by atoms with van der Waals surface area (Å²) in [6.07, 6.45) is 0.998. The Labute approximate surface area is 138 Å². The Kier molecular flexibility index (Phi) is 6.40. The zero-order chi connectivity index (χ0) is 15.6. The number of nitrogens with one attached hydrogen (secondary N) is 1. The van der Waals surface area contributed by atoms with Crippen molar-refractivity contribution in [3.05, 3.63) is 29.8 Å². The van der Waals surface area contributed by atoms with Crippen LogP contribution in [-0.2, 0) is 14.6 Å². The largest absolute Gasteiger partial charge is 0.348 e. The summed E-state index contributed by atoms with van der Waals surface area (Å²) < 4.78 is 24.1. The minimum atomic E-state index is -3.23. The molecule has 1 unspecified atom stereocenters. The van der Waals surface area contributed by atoms with Crippen molar-refractivity contribution in [2.45, 2.75) is 43.7 Å². The number of carbonyl (C=O) groups excluding carboxylic acids is 1. The van der Waals surface area contributed by atoms with Crippen LogP contribution in [0.2, 0.25) is 0 Å². The van der Waals surface area contributed by atoms with E-state index in [1.54, 1.807) is 24.3 Å². The molecule has 0 aliphatic carbocycles. The van der Waals surface area contributed by atoms with Gasteiger partial charge in [-0.15, -0.1) is 12.4 Å². The summed E-state index contributed by atoms with van der Waals surface area (Å²) in [6.45, 7) is 4.02. The molecule has 0 aromatic heterocycles. The van der Waals surface area contributed by atoms with Gasteiger partial charge >= 0.3 is 0 Å². The van der Waals surface area contributed by atoms with E-state index in [4.69, 9.17) is 5.73 Å². The van der Waals surface area contributed by atoms with E-state index < -0.39 is 15.9 Å². The van der Waals surface area contributed by atoms with Crippen molar-refractivity contribution in [2.24, 2.45) is 11.7 Å². The van der Waals surface area contributed by atoms with Gasteiger partial charge in [0.05, 0.1) is 22.7 Å². The predicted octanol–water partition coefficient (Wildman–Crippen LogP) is 1.82. The van der Waals surface area contributed by atoms with Crippen LogP contribution in [0.15, 0.2) is 29.2 Å². The minimum absolute atomic E-state index is 0. The highest BCUT2D eigenvalue weighted by Crippen LogP contribution is 2.31. The second-order valence-electron chi connectivity index (χ2n) is 5.94. The first-order chi connectivity index (χ1) is 9.81. The summed E-state index contributed by atoms with van der Waals surface area (Å²) in [6, 6.07) is 5.99. The second-order valence-corrected chi connectivity index (χ2v) is 8.02. The lowest BCUT2D eigenvalue weighted by atomic mass is 10.0. The van der Waals surface area contributed by atoms with Gasteiger partial charge < -0.3 is 11.1 Å². The van der Waals surface area contributed by atoms with Crippen molar-refractivity contribution in [1.29, 1.82) is 0 Å². The number of halogens is 1. The number of nitrogens with two attached hydrogens (primary N) is 1. The Morgan fingerprint density at radius 2 is 2.00 bits per heavy atom. The number of hydrogen-bond acceptors (Lipinski definition) is 4. The molecule has 22 heavy (non-hydrogen) atoms. The zero-order valence-electron chi connectivity index (χ0n) is 12.8. The standard InChI is InChI=1S/C15H22N2O3S.ClH/c1-10(2)9-12(16)15(18)17-13-7-8-21(19,20)14-6-4-3-5-11(13)14;/h3-6,10,12-13H,7-9,16H2,1-2H3,(H,17,18);1H/t12-,13?;/m0./s1. The normalized spacial score (nSPS) is 20.6. The lowest BCUT2D eigenvalue weighted by molar-refractivity contribution is -0.123. The van der Waals surface area contributed by atoms with Gasteiger partial charge in [0.1, 0.15) is 0 Å². The smallest absolute Gasteiger partial charge is 0.237 e. The average molecular weight is 347 g/mol. The summed E-state index contributed by atoms with van der Waals surface area (Å²) in [4.78, 5) is 12.5. The average Bonchev–Trinajstić information content (AvgIpc) is 2.41. The SMILES string of the molecule is CC(C)C[C@H](N)C(=O)NC1CCS(=O)(=O)c2ccccc21.Cl. The van der Waals surface area contributed by atoms with E-state index in [1.165, 1.54) is 0 Å². The highest BCUT2D eigenvalue weighted by molar-refractivity contribution is 7.91. The van der Waals surface area contributed by atoms with Gasteiger partial charge in [0, 0.05) is 0 Å². The molecule has 0 spiro atoms. The molecule has 0 saturated heterocycles. The van der Waals surface area contributed by atoms with Crippen LogP contribution in [0, 0.1) is 5.92 Å². The highest BCUT2D eigenvalue weighted by atomic mass is 35.5. The summed E-state index contributed by atoms with van der Waals surface area (Å²) in [5, 5.41) is 2.89. The fourth-order valence-corrected chi connectivity index (χ4v) is 4.25. The topological polar surface area (TPSA) is 89.3 Å². The van der Waals surface area contributed by atoms with Gasteiger partial charge in [0.2, 0.25) is 5.91 Å². The van der Waals surface area contributed by atoms with Gasteiger partial charge in [0.15, 0.2) is 9.84 Å². The summed E-state index contributed by atoms with van der Waals surface area (Å²) >= 11 is 0. The molecule has 1 aromatic carbocycles. The summed E-state index contributed by atoms with van der Waals surface area (Å²) in [5.41, 5.74) is 6.54. The molecule has 0 bridgehead atoms. The monoisotopic (exact) mass is 346 g/mol. The molecule has 7 heteroatoms. The molecular formula is C15H23ClN2O3S. The third-order valence-corrected chi connectivity index (χ3v) is 5.50. The van der Waals surface area contributed by atoms with Crippen LogP contribution >= 0.6 is 12.4 Å². The van der Waals surface area contributed by atoms with Gasteiger partial charge in [-0.1, -0.05) is 32.0 Å².